The van der Waals surface area contributed by atoms with Gasteiger partial charge in [0.15, 0.2) is 5.84 Å². The van der Waals surface area contributed by atoms with Crippen LogP contribution in [0.5, 0.6) is 5.75 Å². The molecule has 0 aliphatic carbocycles. The van der Waals surface area contributed by atoms with E-state index in [1.165, 1.54) is 0 Å². The quantitative estimate of drug-likeness (QED) is 0.366. The van der Waals surface area contributed by atoms with Gasteiger partial charge in [-0.3, -0.25) is 4.79 Å². The summed E-state index contributed by atoms with van der Waals surface area (Å²) in [6.07, 6.45) is 1.63. The highest BCUT2D eigenvalue weighted by Gasteiger charge is 2.19. The van der Waals surface area contributed by atoms with Crippen LogP contribution in [0.4, 0.5) is 0 Å². The zero-order chi connectivity index (χ0) is 14.5. The van der Waals surface area contributed by atoms with Crippen LogP contribution in [0.15, 0.2) is 23.4 Å². The number of carbonyl (C=O) groups is 1. The van der Waals surface area contributed by atoms with E-state index in [0.29, 0.717) is 18.7 Å². The first-order valence-electron chi connectivity index (χ1n) is 6.67. The molecule has 2 rings (SSSR count). The van der Waals surface area contributed by atoms with Crippen LogP contribution in [0.2, 0.25) is 0 Å². The van der Waals surface area contributed by atoms with Gasteiger partial charge in [0.25, 0.3) is 5.91 Å². The molecule has 0 atom stereocenters. The normalized spacial score (nSPS) is 13.8. The Morgan fingerprint density at radius 2 is 2.35 bits per heavy atom. The Morgan fingerprint density at radius 1 is 1.55 bits per heavy atom. The first kappa shape index (κ1) is 14.2. The van der Waals surface area contributed by atoms with Crippen LogP contribution >= 0.6 is 0 Å². The zero-order valence-electron chi connectivity index (χ0n) is 11.5. The lowest BCUT2D eigenvalue weighted by molar-refractivity contribution is 0.0778. The van der Waals surface area contributed by atoms with Crippen molar-refractivity contribution in [1.29, 1.82) is 0 Å². The first-order valence-corrected chi connectivity index (χ1v) is 6.67. The van der Waals surface area contributed by atoms with Crippen LogP contribution in [0, 0.1) is 0 Å². The molecule has 0 spiro atoms. The molecule has 1 aromatic rings. The molecular weight excluding hydrogens is 258 g/mol. The van der Waals surface area contributed by atoms with Crippen LogP contribution in [-0.4, -0.2) is 41.5 Å². The minimum Gasteiger partial charge on any atom is -0.493 e. The molecule has 1 heterocycles. The van der Waals surface area contributed by atoms with Crippen molar-refractivity contribution in [3.8, 4) is 5.75 Å². The van der Waals surface area contributed by atoms with Gasteiger partial charge in [-0.1, -0.05) is 12.1 Å². The molecule has 0 radical (unpaired) electrons. The molecule has 6 nitrogen and oxygen atoms in total. The molecule has 0 aromatic heterocycles. The lowest BCUT2D eigenvalue weighted by Gasteiger charge is -2.21. The monoisotopic (exact) mass is 277 g/mol. The minimum absolute atomic E-state index is 0.0243. The van der Waals surface area contributed by atoms with Crippen molar-refractivity contribution in [1.82, 2.24) is 4.90 Å². The molecule has 0 fully saturated rings. The van der Waals surface area contributed by atoms with Crippen molar-refractivity contribution in [2.45, 2.75) is 19.8 Å². The number of fused-ring (bicyclic) bond motifs is 1. The topological polar surface area (TPSA) is 88.1 Å². The predicted octanol–water partition coefficient (Wildman–Crippen LogP) is 1.22. The van der Waals surface area contributed by atoms with E-state index < -0.39 is 0 Å². The van der Waals surface area contributed by atoms with E-state index in [4.69, 9.17) is 15.7 Å². The summed E-state index contributed by atoms with van der Waals surface area (Å²) in [5, 5.41) is 11.6. The molecule has 0 unspecified atom stereocenters. The van der Waals surface area contributed by atoms with Crippen LogP contribution in [0.25, 0.3) is 0 Å². The average Bonchev–Trinajstić information content (AvgIpc) is 2.93. The SMILES string of the molecule is CCCN(CC(N)=NO)C(=O)c1ccc2c(c1)CCO2. The third kappa shape index (κ3) is 3.01. The van der Waals surface area contributed by atoms with Crippen LogP contribution in [-0.2, 0) is 6.42 Å². The molecule has 108 valence electrons. The maximum atomic E-state index is 12.5. The lowest BCUT2D eigenvalue weighted by atomic mass is 10.1. The van der Waals surface area contributed by atoms with Crippen molar-refractivity contribution in [3.63, 3.8) is 0 Å². The molecule has 1 aliphatic heterocycles. The van der Waals surface area contributed by atoms with Gasteiger partial charge in [0.1, 0.15) is 5.75 Å². The summed E-state index contributed by atoms with van der Waals surface area (Å²) >= 11 is 0. The second-order valence-corrected chi connectivity index (χ2v) is 4.74. The van der Waals surface area contributed by atoms with Crippen molar-refractivity contribution in [2.75, 3.05) is 19.7 Å². The molecule has 6 heteroatoms. The number of nitrogens with two attached hydrogens (primary N) is 1. The van der Waals surface area contributed by atoms with Gasteiger partial charge in [-0.15, -0.1) is 0 Å². The maximum Gasteiger partial charge on any atom is 0.254 e. The Balaban J connectivity index is 2.18. The van der Waals surface area contributed by atoms with Gasteiger partial charge < -0.3 is 20.6 Å². The Hall–Kier alpha value is -2.24. The highest BCUT2D eigenvalue weighted by Crippen LogP contribution is 2.26. The Kier molecular flexibility index (Phi) is 4.45. The van der Waals surface area contributed by atoms with Crippen molar-refractivity contribution < 1.29 is 14.7 Å². The fourth-order valence-electron chi connectivity index (χ4n) is 2.25. The largest absolute Gasteiger partial charge is 0.493 e. The highest BCUT2D eigenvalue weighted by atomic mass is 16.5. The van der Waals surface area contributed by atoms with E-state index in [9.17, 15) is 4.79 Å². The number of hydrogen-bond donors (Lipinski definition) is 2. The summed E-state index contributed by atoms with van der Waals surface area (Å²) in [7, 11) is 0. The predicted molar refractivity (Wildman–Crippen MR) is 75.2 cm³/mol. The third-order valence-corrected chi connectivity index (χ3v) is 3.20. The highest BCUT2D eigenvalue weighted by molar-refractivity contribution is 5.97. The summed E-state index contributed by atoms with van der Waals surface area (Å²) < 4.78 is 5.43. The van der Waals surface area contributed by atoms with E-state index in [0.717, 1.165) is 24.2 Å². The summed E-state index contributed by atoms with van der Waals surface area (Å²) in [5.41, 5.74) is 7.15. The third-order valence-electron chi connectivity index (χ3n) is 3.20. The molecule has 1 aromatic carbocycles. The number of oxime groups is 1. The van der Waals surface area contributed by atoms with E-state index in [1.807, 2.05) is 19.1 Å². The van der Waals surface area contributed by atoms with Crippen LogP contribution in [0.1, 0.15) is 29.3 Å². The van der Waals surface area contributed by atoms with Gasteiger partial charge in [-0.25, -0.2) is 0 Å². The van der Waals surface area contributed by atoms with Gasteiger partial charge in [-0.05, 0) is 30.2 Å². The van der Waals surface area contributed by atoms with Crippen molar-refractivity contribution >= 4 is 11.7 Å². The van der Waals surface area contributed by atoms with E-state index >= 15 is 0 Å². The Labute approximate surface area is 117 Å². The summed E-state index contributed by atoms with van der Waals surface area (Å²) in [6.45, 7) is 3.32. The molecular formula is C14H19N3O3. The fourth-order valence-corrected chi connectivity index (χ4v) is 2.25. The van der Waals surface area contributed by atoms with E-state index in [-0.39, 0.29) is 18.3 Å². The van der Waals surface area contributed by atoms with Gasteiger partial charge in [0.05, 0.1) is 13.2 Å². The lowest BCUT2D eigenvalue weighted by Crippen LogP contribution is -2.39. The molecule has 1 aliphatic rings. The summed E-state index contributed by atoms with van der Waals surface area (Å²) in [4.78, 5) is 14.1. The smallest absolute Gasteiger partial charge is 0.254 e. The fraction of sp³-hybridized carbons (Fsp3) is 0.429. The summed E-state index contributed by atoms with van der Waals surface area (Å²) in [5.74, 6) is 0.754. The average molecular weight is 277 g/mol. The minimum atomic E-state index is -0.117. The van der Waals surface area contributed by atoms with Crippen molar-refractivity contribution in [3.05, 3.63) is 29.3 Å². The molecule has 20 heavy (non-hydrogen) atoms. The Bertz CT molecular complexity index is 528. The van der Waals surface area contributed by atoms with Crippen molar-refractivity contribution in [2.24, 2.45) is 10.9 Å². The Morgan fingerprint density at radius 3 is 3.05 bits per heavy atom. The molecule has 0 saturated heterocycles. The standard InChI is InChI=1S/C14H19N3O3/c1-2-6-17(9-13(15)16-19)14(18)11-3-4-12-10(8-11)5-7-20-12/h3-4,8,19H,2,5-7,9H2,1H3,(H2,15,16). The second kappa shape index (κ2) is 6.27. The summed E-state index contributed by atoms with van der Waals surface area (Å²) in [6, 6.07) is 5.43. The second-order valence-electron chi connectivity index (χ2n) is 4.74. The number of benzene rings is 1. The maximum absolute atomic E-state index is 12.5. The van der Waals surface area contributed by atoms with Crippen LogP contribution < -0.4 is 10.5 Å². The van der Waals surface area contributed by atoms with Gasteiger partial charge >= 0.3 is 0 Å². The molecule has 0 bridgehead atoms. The number of amides is 1. The molecule has 0 saturated carbocycles. The number of hydrogen-bond acceptors (Lipinski definition) is 4. The van der Waals surface area contributed by atoms with Gasteiger partial charge in [-0.2, -0.15) is 0 Å². The van der Waals surface area contributed by atoms with Crippen LogP contribution in [0.3, 0.4) is 0 Å². The van der Waals surface area contributed by atoms with E-state index in [1.54, 1.807) is 11.0 Å². The zero-order valence-corrected chi connectivity index (χ0v) is 11.5. The number of nitrogens with zero attached hydrogens (tertiary/aromatic N) is 2. The molecule has 1 amide bonds. The van der Waals surface area contributed by atoms with E-state index in [2.05, 4.69) is 5.16 Å². The van der Waals surface area contributed by atoms with Gasteiger partial charge in [0.2, 0.25) is 0 Å². The number of carbonyl (C=O) groups excluding carboxylic acids is 1. The first-order chi connectivity index (χ1) is 9.65. The van der Waals surface area contributed by atoms with Gasteiger partial charge in [0, 0.05) is 18.5 Å². The number of ether oxygens (including phenoxy) is 1. The number of amidine groups is 1. The number of rotatable bonds is 5. The molecule has 3 N–H and O–H groups in total.